The van der Waals surface area contributed by atoms with E-state index < -0.39 is 12.2 Å². The van der Waals surface area contributed by atoms with Crippen molar-refractivity contribution in [3.05, 3.63) is 119 Å². The number of carbonyl (C=O) groups is 1. The third-order valence-electron chi connectivity index (χ3n) is 5.94. The van der Waals surface area contributed by atoms with E-state index in [-0.39, 0.29) is 6.04 Å². The number of benzene rings is 3. The van der Waals surface area contributed by atoms with Crippen molar-refractivity contribution in [2.75, 3.05) is 0 Å². The Morgan fingerprint density at radius 2 is 1.82 bits per heavy atom. The summed E-state index contributed by atoms with van der Waals surface area (Å²) in [5.74, 6) is 1.56. The number of hydrogen-bond acceptors (Lipinski definition) is 6. The van der Waals surface area contributed by atoms with Crippen LogP contribution in [0.1, 0.15) is 45.9 Å². The molecule has 0 radical (unpaired) electrons. The second kappa shape index (κ2) is 8.39. The zero-order valence-electron chi connectivity index (χ0n) is 17.9. The monoisotopic (exact) mass is 470 g/mol. The number of ether oxygens (including phenoxy) is 2. The van der Waals surface area contributed by atoms with Gasteiger partial charge in [0.2, 0.25) is 6.23 Å². The van der Waals surface area contributed by atoms with Crippen molar-refractivity contribution in [3.63, 3.8) is 0 Å². The second-order valence-electron chi connectivity index (χ2n) is 8.10. The molecule has 3 aromatic carbocycles. The van der Waals surface area contributed by atoms with Gasteiger partial charge in [0.05, 0.1) is 17.9 Å². The number of esters is 1. The van der Waals surface area contributed by atoms with Crippen LogP contribution in [0.5, 0.6) is 11.5 Å². The highest BCUT2D eigenvalue weighted by Crippen LogP contribution is 2.48. The Hall–Kier alpha value is -4.03. The molecule has 2 aliphatic heterocycles. The van der Waals surface area contributed by atoms with Gasteiger partial charge < -0.3 is 13.9 Å². The Balaban J connectivity index is 1.30. The van der Waals surface area contributed by atoms with E-state index in [1.54, 1.807) is 42.7 Å². The molecule has 0 amide bonds. The Morgan fingerprint density at radius 1 is 1.00 bits per heavy atom. The number of hydrogen-bond donors (Lipinski definition) is 0. The fourth-order valence-corrected chi connectivity index (χ4v) is 4.49. The first-order valence-electron chi connectivity index (χ1n) is 10.9. The number of furan rings is 1. The van der Waals surface area contributed by atoms with Gasteiger partial charge in [0.25, 0.3) is 0 Å². The highest BCUT2D eigenvalue weighted by Gasteiger charge is 2.41. The highest BCUT2D eigenvalue weighted by atomic mass is 35.5. The third-order valence-corrected chi connectivity index (χ3v) is 6.18. The minimum Gasteiger partial charge on any atom is -0.464 e. The molecule has 0 unspecified atom stereocenters. The average Bonchev–Trinajstić information content (AvgIpc) is 3.55. The van der Waals surface area contributed by atoms with E-state index in [0.29, 0.717) is 22.8 Å². The predicted molar refractivity (Wildman–Crippen MR) is 127 cm³/mol. The molecule has 3 heterocycles. The summed E-state index contributed by atoms with van der Waals surface area (Å²) in [6.07, 6.45) is 1.86. The van der Waals surface area contributed by atoms with Crippen LogP contribution >= 0.6 is 11.6 Å². The van der Waals surface area contributed by atoms with Gasteiger partial charge in [-0.25, -0.2) is 9.80 Å². The molecule has 2 aliphatic rings. The van der Waals surface area contributed by atoms with Crippen LogP contribution in [0.3, 0.4) is 0 Å². The van der Waals surface area contributed by atoms with Gasteiger partial charge >= 0.3 is 5.97 Å². The predicted octanol–water partition coefficient (Wildman–Crippen LogP) is 6.39. The Labute approximate surface area is 201 Å². The van der Waals surface area contributed by atoms with Crippen molar-refractivity contribution in [1.82, 2.24) is 5.01 Å². The smallest absolute Gasteiger partial charge is 0.343 e. The van der Waals surface area contributed by atoms with Crippen molar-refractivity contribution in [3.8, 4) is 11.5 Å². The fraction of sp³-hybridized carbons (Fsp3) is 0.111. The van der Waals surface area contributed by atoms with Gasteiger partial charge in [-0.3, -0.25) is 0 Å². The highest BCUT2D eigenvalue weighted by molar-refractivity contribution is 6.30. The summed E-state index contributed by atoms with van der Waals surface area (Å²) in [6, 6.07) is 25.6. The van der Waals surface area contributed by atoms with E-state index in [9.17, 15) is 4.79 Å². The normalized spacial score (nSPS) is 18.5. The molecule has 4 aromatic rings. The lowest BCUT2D eigenvalue weighted by molar-refractivity contribution is -0.0190. The maximum Gasteiger partial charge on any atom is 0.343 e. The molecule has 0 saturated carbocycles. The lowest BCUT2D eigenvalue weighted by Crippen LogP contribution is -2.33. The van der Waals surface area contributed by atoms with Crippen LogP contribution in [0.2, 0.25) is 5.02 Å². The van der Waals surface area contributed by atoms with Crippen LogP contribution in [0.4, 0.5) is 0 Å². The summed E-state index contributed by atoms with van der Waals surface area (Å²) in [7, 11) is 0. The largest absolute Gasteiger partial charge is 0.464 e. The zero-order valence-corrected chi connectivity index (χ0v) is 18.7. The van der Waals surface area contributed by atoms with E-state index in [1.807, 2.05) is 53.5 Å². The third kappa shape index (κ3) is 3.72. The number of hydrazone groups is 1. The second-order valence-corrected chi connectivity index (χ2v) is 8.54. The summed E-state index contributed by atoms with van der Waals surface area (Å²) in [4.78, 5) is 12.4. The summed E-state index contributed by atoms with van der Waals surface area (Å²) >= 11 is 6.29. The van der Waals surface area contributed by atoms with Crippen molar-refractivity contribution in [1.29, 1.82) is 0 Å². The summed E-state index contributed by atoms with van der Waals surface area (Å²) < 4.78 is 17.5. The van der Waals surface area contributed by atoms with Gasteiger partial charge in [0.15, 0.2) is 0 Å². The van der Waals surface area contributed by atoms with Crippen molar-refractivity contribution < 1.29 is 18.7 Å². The molecule has 2 atom stereocenters. The number of halogens is 1. The van der Waals surface area contributed by atoms with Crippen molar-refractivity contribution in [2.24, 2.45) is 5.10 Å². The Bertz CT molecular complexity index is 1370. The molecular formula is C27H19ClN2O4. The molecule has 0 bridgehead atoms. The van der Waals surface area contributed by atoms with Gasteiger partial charge in [0.1, 0.15) is 23.0 Å². The minimum absolute atomic E-state index is 0.0388. The molecule has 0 N–H and O–H groups in total. The molecule has 0 saturated heterocycles. The van der Waals surface area contributed by atoms with Crippen LogP contribution in [0, 0.1) is 0 Å². The lowest BCUT2D eigenvalue weighted by Gasteiger charge is -2.38. The van der Waals surface area contributed by atoms with Gasteiger partial charge in [0, 0.05) is 22.6 Å². The lowest BCUT2D eigenvalue weighted by atomic mass is 9.97. The molecule has 0 spiro atoms. The number of carbonyl (C=O) groups excluding carboxylic acids is 1. The topological polar surface area (TPSA) is 64.3 Å². The van der Waals surface area contributed by atoms with Gasteiger partial charge in [-0.1, -0.05) is 29.8 Å². The van der Waals surface area contributed by atoms with Crippen LogP contribution < -0.4 is 9.47 Å². The molecular weight excluding hydrogens is 452 g/mol. The van der Waals surface area contributed by atoms with E-state index in [0.717, 1.165) is 28.3 Å². The standard InChI is InChI=1S/C27H19ClN2O4/c28-19-10-13-24-21(15-19)23-16-22(25-7-4-14-32-25)29-30(23)26(34-24)17-8-11-20(12-9-17)33-27(31)18-5-2-1-3-6-18/h1-15,23,26H,16H2/t23-,26+/m0/s1. The van der Waals surface area contributed by atoms with E-state index in [2.05, 4.69) is 0 Å². The quantitative estimate of drug-likeness (QED) is 0.255. The van der Waals surface area contributed by atoms with Crippen LogP contribution in [-0.2, 0) is 0 Å². The van der Waals surface area contributed by atoms with Crippen molar-refractivity contribution >= 4 is 23.3 Å². The molecule has 7 heteroatoms. The maximum atomic E-state index is 12.4. The van der Waals surface area contributed by atoms with Gasteiger partial charge in [-0.2, -0.15) is 5.10 Å². The van der Waals surface area contributed by atoms with E-state index >= 15 is 0 Å². The molecule has 168 valence electrons. The molecule has 1 aromatic heterocycles. The molecule has 0 aliphatic carbocycles. The number of rotatable bonds is 4. The first kappa shape index (κ1) is 20.6. The average molecular weight is 471 g/mol. The SMILES string of the molecule is O=C(Oc1ccc([C@H]2Oc3ccc(Cl)cc3[C@@H]3CC(c4ccco4)=NN23)cc1)c1ccccc1. The number of nitrogens with zero attached hydrogens (tertiary/aromatic N) is 2. The minimum atomic E-state index is -0.454. The van der Waals surface area contributed by atoms with Crippen LogP contribution in [-0.4, -0.2) is 16.7 Å². The van der Waals surface area contributed by atoms with Crippen LogP contribution in [0.25, 0.3) is 0 Å². The Kier molecular flexibility index (Phi) is 5.08. The molecule has 6 rings (SSSR count). The van der Waals surface area contributed by atoms with Crippen LogP contribution in [0.15, 0.2) is 101 Å². The number of fused-ring (bicyclic) bond motifs is 3. The first-order chi connectivity index (χ1) is 16.7. The summed E-state index contributed by atoms with van der Waals surface area (Å²) in [6.45, 7) is 0. The van der Waals surface area contributed by atoms with E-state index in [4.69, 9.17) is 30.6 Å². The van der Waals surface area contributed by atoms with Gasteiger partial charge in [-0.05, 0) is 66.7 Å². The van der Waals surface area contributed by atoms with Gasteiger partial charge in [-0.15, -0.1) is 0 Å². The molecule has 34 heavy (non-hydrogen) atoms. The zero-order chi connectivity index (χ0) is 23.1. The summed E-state index contributed by atoms with van der Waals surface area (Å²) in [5.41, 5.74) is 3.22. The van der Waals surface area contributed by atoms with Crippen molar-refractivity contribution in [2.45, 2.75) is 18.7 Å². The molecule has 0 fully saturated rings. The first-order valence-corrected chi connectivity index (χ1v) is 11.3. The maximum absolute atomic E-state index is 12.4. The van der Waals surface area contributed by atoms with E-state index in [1.165, 1.54) is 0 Å². The fourth-order valence-electron chi connectivity index (χ4n) is 4.31. The summed E-state index contributed by atoms with van der Waals surface area (Å²) in [5, 5.41) is 7.45. The molecule has 6 nitrogen and oxygen atoms in total. The Morgan fingerprint density at radius 3 is 2.59 bits per heavy atom.